The van der Waals surface area contributed by atoms with Gasteiger partial charge in [-0.1, -0.05) is 42.5 Å². The topological polar surface area (TPSA) is 71.5 Å². The number of benzene rings is 2. The van der Waals surface area contributed by atoms with Crippen molar-refractivity contribution in [3.63, 3.8) is 0 Å². The molecule has 29 heavy (non-hydrogen) atoms. The number of esters is 1. The van der Waals surface area contributed by atoms with Gasteiger partial charge in [-0.3, -0.25) is 9.88 Å². The molecule has 146 valence electrons. The number of hydrogen-bond donors (Lipinski definition) is 1. The Morgan fingerprint density at radius 2 is 1.86 bits per heavy atom. The van der Waals surface area contributed by atoms with Crippen molar-refractivity contribution in [1.29, 1.82) is 0 Å². The lowest BCUT2D eigenvalue weighted by Crippen LogP contribution is -2.46. The first-order valence-electron chi connectivity index (χ1n) is 9.54. The number of carbonyl (C=O) groups is 2. The van der Waals surface area contributed by atoms with Crippen molar-refractivity contribution in [1.82, 2.24) is 10.3 Å². The van der Waals surface area contributed by atoms with E-state index in [1.54, 1.807) is 29.3 Å². The van der Waals surface area contributed by atoms with E-state index in [0.29, 0.717) is 30.0 Å². The summed E-state index contributed by atoms with van der Waals surface area (Å²) < 4.78 is 5.86. The van der Waals surface area contributed by atoms with Crippen LogP contribution in [-0.2, 0) is 4.74 Å². The number of urea groups is 1. The number of pyridine rings is 1. The Hall–Kier alpha value is -3.67. The van der Waals surface area contributed by atoms with Crippen LogP contribution in [0.4, 0.5) is 10.5 Å². The molecule has 1 aliphatic heterocycles. The van der Waals surface area contributed by atoms with Crippen LogP contribution in [0.25, 0.3) is 0 Å². The van der Waals surface area contributed by atoms with Gasteiger partial charge in [-0.25, -0.2) is 9.59 Å². The Balaban J connectivity index is 1.60. The average Bonchev–Trinajstić information content (AvgIpc) is 2.79. The minimum absolute atomic E-state index is 0.155. The summed E-state index contributed by atoms with van der Waals surface area (Å²) in [7, 11) is 0. The van der Waals surface area contributed by atoms with Gasteiger partial charge in [-0.2, -0.15) is 0 Å². The lowest BCUT2D eigenvalue weighted by atomic mass is 10.1. The first-order valence-corrected chi connectivity index (χ1v) is 9.54. The van der Waals surface area contributed by atoms with Gasteiger partial charge in [0, 0.05) is 25.0 Å². The summed E-state index contributed by atoms with van der Waals surface area (Å²) >= 11 is 0. The quantitative estimate of drug-likeness (QED) is 0.673. The molecule has 1 aliphatic rings. The molecule has 0 bridgehead atoms. The first kappa shape index (κ1) is 18.7. The predicted octanol–water partition coefficient (Wildman–Crippen LogP) is 3.95. The molecule has 1 atom stereocenters. The van der Waals surface area contributed by atoms with Crippen LogP contribution in [0.2, 0.25) is 0 Å². The maximum absolute atomic E-state index is 12.9. The molecular formula is C23H21N3O3. The highest BCUT2D eigenvalue weighted by molar-refractivity contribution is 5.95. The van der Waals surface area contributed by atoms with E-state index in [2.05, 4.69) is 10.3 Å². The third kappa shape index (κ3) is 4.27. The zero-order chi connectivity index (χ0) is 20.1. The van der Waals surface area contributed by atoms with Crippen LogP contribution in [0.5, 0.6) is 0 Å². The largest absolute Gasteiger partial charge is 0.447 e. The van der Waals surface area contributed by atoms with E-state index in [0.717, 1.165) is 12.0 Å². The lowest BCUT2D eigenvalue weighted by Gasteiger charge is -2.27. The molecule has 1 aromatic heterocycles. The van der Waals surface area contributed by atoms with Gasteiger partial charge in [0.2, 0.25) is 0 Å². The molecular weight excluding hydrogens is 366 g/mol. The minimum atomic E-state index is -0.619. The fraction of sp³-hybridized carbons (Fsp3) is 0.174. The number of nitrogens with one attached hydrogen (secondary N) is 1. The molecule has 3 aromatic rings. The number of ether oxygens (including phenoxy) is 1. The monoisotopic (exact) mass is 387 g/mol. The standard InChI is InChI=1S/C23H21N3O3/c27-22(18-10-6-11-19(16-18)26-15-7-14-25-23(26)28)29-21(17-8-2-1-3-9-17)20-12-4-5-13-24-20/h1-6,8-13,16,21H,7,14-15H2,(H,25,28)/t21-/m0/s1. The van der Waals surface area contributed by atoms with E-state index in [1.807, 2.05) is 54.6 Å². The maximum Gasteiger partial charge on any atom is 0.339 e. The van der Waals surface area contributed by atoms with Gasteiger partial charge in [-0.15, -0.1) is 0 Å². The van der Waals surface area contributed by atoms with Crippen molar-refractivity contribution in [2.24, 2.45) is 0 Å². The summed E-state index contributed by atoms with van der Waals surface area (Å²) in [4.78, 5) is 31.1. The van der Waals surface area contributed by atoms with Crippen LogP contribution in [0, 0.1) is 0 Å². The number of nitrogens with zero attached hydrogens (tertiary/aromatic N) is 2. The van der Waals surface area contributed by atoms with Crippen molar-refractivity contribution in [3.8, 4) is 0 Å². The number of anilines is 1. The Labute approximate surface area is 169 Å². The highest BCUT2D eigenvalue weighted by atomic mass is 16.5. The van der Waals surface area contributed by atoms with Crippen LogP contribution < -0.4 is 10.2 Å². The van der Waals surface area contributed by atoms with Gasteiger partial charge in [0.25, 0.3) is 0 Å². The molecule has 0 unspecified atom stereocenters. The van der Waals surface area contributed by atoms with Gasteiger partial charge in [-0.05, 0) is 42.3 Å². The van der Waals surface area contributed by atoms with E-state index in [1.165, 1.54) is 0 Å². The number of hydrogen-bond acceptors (Lipinski definition) is 4. The Morgan fingerprint density at radius 1 is 1.03 bits per heavy atom. The van der Waals surface area contributed by atoms with Gasteiger partial charge in [0.05, 0.1) is 11.3 Å². The second-order valence-electron chi connectivity index (χ2n) is 6.74. The first-order chi connectivity index (χ1) is 14.2. The second kappa shape index (κ2) is 8.56. The average molecular weight is 387 g/mol. The van der Waals surface area contributed by atoms with Crippen LogP contribution in [-0.4, -0.2) is 30.1 Å². The van der Waals surface area contributed by atoms with E-state index in [9.17, 15) is 9.59 Å². The molecule has 0 saturated carbocycles. The lowest BCUT2D eigenvalue weighted by molar-refractivity contribution is 0.0370. The molecule has 2 heterocycles. The molecule has 0 radical (unpaired) electrons. The number of aromatic nitrogens is 1. The Kier molecular flexibility index (Phi) is 5.52. The number of carbonyl (C=O) groups excluding carboxylic acids is 2. The summed E-state index contributed by atoms with van der Waals surface area (Å²) in [5.74, 6) is -0.469. The van der Waals surface area contributed by atoms with Crippen molar-refractivity contribution in [3.05, 3.63) is 95.8 Å². The normalized spacial score (nSPS) is 14.8. The van der Waals surface area contributed by atoms with Crippen molar-refractivity contribution >= 4 is 17.7 Å². The fourth-order valence-corrected chi connectivity index (χ4v) is 3.31. The minimum Gasteiger partial charge on any atom is -0.447 e. The van der Waals surface area contributed by atoms with Gasteiger partial charge in [0.15, 0.2) is 6.10 Å². The molecule has 1 saturated heterocycles. The smallest absolute Gasteiger partial charge is 0.339 e. The molecule has 2 amide bonds. The van der Waals surface area contributed by atoms with Crippen LogP contribution >= 0.6 is 0 Å². The van der Waals surface area contributed by atoms with Crippen molar-refractivity contribution in [2.45, 2.75) is 12.5 Å². The summed E-state index contributed by atoms with van der Waals surface area (Å²) in [6, 6.07) is 21.8. The van der Waals surface area contributed by atoms with E-state index < -0.39 is 12.1 Å². The summed E-state index contributed by atoms with van der Waals surface area (Å²) in [5, 5.41) is 2.82. The second-order valence-corrected chi connectivity index (χ2v) is 6.74. The third-order valence-corrected chi connectivity index (χ3v) is 4.76. The summed E-state index contributed by atoms with van der Waals surface area (Å²) in [5.41, 5.74) is 2.55. The van der Waals surface area contributed by atoms with E-state index in [4.69, 9.17) is 4.74 Å². The fourth-order valence-electron chi connectivity index (χ4n) is 3.31. The molecule has 2 aromatic carbocycles. The zero-order valence-electron chi connectivity index (χ0n) is 15.8. The molecule has 1 N–H and O–H groups in total. The number of amides is 2. The molecule has 0 spiro atoms. The summed E-state index contributed by atoms with van der Waals surface area (Å²) in [6.45, 7) is 1.28. The molecule has 6 nitrogen and oxygen atoms in total. The van der Waals surface area contributed by atoms with Gasteiger partial charge < -0.3 is 10.1 Å². The maximum atomic E-state index is 12.9. The molecule has 0 aliphatic carbocycles. The van der Waals surface area contributed by atoms with E-state index in [-0.39, 0.29) is 6.03 Å². The van der Waals surface area contributed by atoms with Crippen LogP contribution in [0.3, 0.4) is 0 Å². The SMILES string of the molecule is O=C(O[C@@H](c1ccccc1)c1ccccn1)c1cccc(N2CCCNC2=O)c1. The van der Waals surface area contributed by atoms with Crippen LogP contribution in [0.1, 0.15) is 34.1 Å². The highest BCUT2D eigenvalue weighted by Gasteiger charge is 2.23. The Morgan fingerprint density at radius 3 is 2.62 bits per heavy atom. The zero-order valence-corrected chi connectivity index (χ0v) is 15.8. The highest BCUT2D eigenvalue weighted by Crippen LogP contribution is 2.26. The Bertz CT molecular complexity index is 953. The molecule has 4 rings (SSSR count). The molecule has 1 fully saturated rings. The van der Waals surface area contributed by atoms with Crippen LogP contribution in [0.15, 0.2) is 79.0 Å². The summed E-state index contributed by atoms with van der Waals surface area (Å²) in [6.07, 6.45) is 1.91. The molecule has 6 heteroatoms. The number of rotatable bonds is 5. The van der Waals surface area contributed by atoms with Gasteiger partial charge in [0.1, 0.15) is 0 Å². The predicted molar refractivity (Wildman–Crippen MR) is 110 cm³/mol. The van der Waals surface area contributed by atoms with Crippen molar-refractivity contribution < 1.29 is 14.3 Å². The van der Waals surface area contributed by atoms with Crippen molar-refractivity contribution in [2.75, 3.05) is 18.0 Å². The van der Waals surface area contributed by atoms with Gasteiger partial charge >= 0.3 is 12.0 Å². The third-order valence-electron chi connectivity index (χ3n) is 4.76. The van der Waals surface area contributed by atoms with E-state index >= 15 is 0 Å².